The monoisotopic (exact) mass is 684 g/mol. The van der Waals surface area contributed by atoms with Crippen molar-refractivity contribution in [3.05, 3.63) is 48.6 Å². The maximum atomic E-state index is 12.7. The van der Waals surface area contributed by atoms with Crippen LogP contribution in [0.3, 0.4) is 0 Å². The lowest BCUT2D eigenvalue weighted by Crippen LogP contribution is -2.45. The summed E-state index contributed by atoms with van der Waals surface area (Å²) in [6.45, 7) is 4.51. The average Bonchev–Trinajstić information content (AvgIpc) is 3.01. The summed E-state index contributed by atoms with van der Waals surface area (Å²) in [6, 6.07) is -0.870. The van der Waals surface area contributed by atoms with E-state index in [4.69, 9.17) is 9.05 Å². The molecule has 0 heterocycles. The number of amides is 1. The van der Waals surface area contributed by atoms with Crippen LogP contribution in [0.5, 0.6) is 0 Å². The Hall–Kier alpha value is -1.54. The number of phosphoric ester groups is 1. The fraction of sp³-hybridized carbons (Fsp3) is 0.763. The maximum absolute atomic E-state index is 12.7. The highest BCUT2D eigenvalue weighted by Crippen LogP contribution is 2.43. The molecule has 274 valence electrons. The van der Waals surface area contributed by atoms with Gasteiger partial charge in [-0.25, -0.2) is 4.57 Å². The Labute approximate surface area is 289 Å². The van der Waals surface area contributed by atoms with Gasteiger partial charge in [0.1, 0.15) is 13.2 Å². The summed E-state index contributed by atoms with van der Waals surface area (Å²) in [5.41, 5.74) is 0. The van der Waals surface area contributed by atoms with Gasteiger partial charge in [-0.2, -0.15) is 0 Å². The van der Waals surface area contributed by atoms with Crippen molar-refractivity contribution >= 4 is 13.7 Å². The van der Waals surface area contributed by atoms with E-state index in [1.54, 1.807) is 6.08 Å². The summed E-state index contributed by atoms with van der Waals surface area (Å²) in [6.07, 6.45) is 36.3. The summed E-state index contributed by atoms with van der Waals surface area (Å²) in [5.74, 6) is -0.206. The molecule has 0 saturated carbocycles. The van der Waals surface area contributed by atoms with Gasteiger partial charge in [-0.3, -0.25) is 13.8 Å². The zero-order valence-electron chi connectivity index (χ0n) is 30.8. The first-order valence-corrected chi connectivity index (χ1v) is 20.0. The number of unbranched alkanes of at least 4 members (excludes halogenated alkanes) is 14. The normalized spacial score (nSPS) is 15.3. The Balaban J connectivity index is 4.52. The number of carbonyl (C=O) groups excluding carboxylic acids is 1. The molecule has 47 heavy (non-hydrogen) atoms. The van der Waals surface area contributed by atoms with Crippen molar-refractivity contribution in [1.82, 2.24) is 5.32 Å². The fourth-order valence-corrected chi connectivity index (χ4v) is 5.57. The number of phosphoric acid groups is 1. The van der Waals surface area contributed by atoms with Crippen LogP contribution in [0, 0.1) is 0 Å². The van der Waals surface area contributed by atoms with Crippen molar-refractivity contribution in [2.75, 3.05) is 40.9 Å². The molecule has 3 N–H and O–H groups in total. The lowest BCUT2D eigenvalue weighted by Gasteiger charge is -2.25. The van der Waals surface area contributed by atoms with Gasteiger partial charge in [0.05, 0.1) is 39.9 Å². The van der Waals surface area contributed by atoms with Crippen LogP contribution in [0.4, 0.5) is 0 Å². The number of allylic oxidation sites excluding steroid dienone is 7. The largest absolute Gasteiger partial charge is 0.472 e. The van der Waals surface area contributed by atoms with Gasteiger partial charge in [0.25, 0.3) is 0 Å². The second-order valence-electron chi connectivity index (χ2n) is 13.6. The summed E-state index contributed by atoms with van der Waals surface area (Å²) in [7, 11) is 1.53. The number of likely N-dealkylation sites (N-methyl/N-ethyl adjacent to an activating group) is 1. The van der Waals surface area contributed by atoms with Gasteiger partial charge in [0.15, 0.2) is 0 Å². The number of hydrogen-bond acceptors (Lipinski definition) is 5. The molecule has 1 amide bonds. The molecule has 0 aromatic rings. The van der Waals surface area contributed by atoms with Gasteiger partial charge in [-0.05, 0) is 64.7 Å². The lowest BCUT2D eigenvalue weighted by molar-refractivity contribution is -0.870. The summed E-state index contributed by atoms with van der Waals surface area (Å²) in [5, 5.41) is 13.6. The van der Waals surface area contributed by atoms with E-state index in [0.29, 0.717) is 17.4 Å². The number of aliphatic hydroxyl groups is 1. The zero-order chi connectivity index (χ0) is 35.1. The molecular weight excluding hydrogens is 611 g/mol. The highest BCUT2D eigenvalue weighted by Gasteiger charge is 2.27. The lowest BCUT2D eigenvalue weighted by atomic mass is 10.1. The first-order valence-electron chi connectivity index (χ1n) is 18.5. The van der Waals surface area contributed by atoms with Gasteiger partial charge in [-0.15, -0.1) is 0 Å². The SMILES string of the molecule is C/C=C/CC/C=C/CC/C=C/C(O)C(COP(=O)(O)OCC[N+](C)(C)C)NC(=O)CCCCCCC/C=C\CCCCCCCCC. The van der Waals surface area contributed by atoms with E-state index >= 15 is 0 Å². The van der Waals surface area contributed by atoms with Crippen molar-refractivity contribution in [3.8, 4) is 0 Å². The average molecular weight is 684 g/mol. The quantitative estimate of drug-likeness (QED) is 0.0283. The van der Waals surface area contributed by atoms with Crippen LogP contribution in [0.15, 0.2) is 48.6 Å². The molecule has 0 aliphatic carbocycles. The Morgan fingerprint density at radius 2 is 1.26 bits per heavy atom. The number of quaternary nitrogens is 1. The summed E-state index contributed by atoms with van der Waals surface area (Å²) < 4.78 is 23.3. The minimum atomic E-state index is -4.34. The number of hydrogen-bond donors (Lipinski definition) is 3. The van der Waals surface area contributed by atoms with Gasteiger partial charge in [0.2, 0.25) is 5.91 Å². The van der Waals surface area contributed by atoms with E-state index in [0.717, 1.165) is 57.8 Å². The highest BCUT2D eigenvalue weighted by atomic mass is 31.2. The molecule has 0 saturated heterocycles. The summed E-state index contributed by atoms with van der Waals surface area (Å²) in [4.78, 5) is 22.9. The van der Waals surface area contributed by atoms with Crippen molar-refractivity contribution in [2.24, 2.45) is 0 Å². The molecule has 3 atom stereocenters. The summed E-state index contributed by atoms with van der Waals surface area (Å²) >= 11 is 0. The molecule has 0 radical (unpaired) electrons. The van der Waals surface area contributed by atoms with Crippen molar-refractivity contribution in [2.45, 2.75) is 148 Å². The third-order valence-electron chi connectivity index (χ3n) is 7.84. The molecule has 0 rings (SSSR count). The molecule has 0 spiro atoms. The Bertz CT molecular complexity index is 912. The van der Waals surface area contributed by atoms with E-state index < -0.39 is 20.0 Å². The van der Waals surface area contributed by atoms with Crippen LogP contribution in [0.1, 0.15) is 136 Å². The Kier molecular flexibility index (Phi) is 29.5. The second-order valence-corrected chi connectivity index (χ2v) is 15.0. The maximum Gasteiger partial charge on any atom is 0.472 e. The standard InChI is InChI=1S/C38H71N2O6P/c1-6-8-10-12-14-16-17-18-19-20-21-22-24-26-28-30-32-38(42)39-36(35-46-47(43,44)45-34-33-40(3,4)5)37(41)31-29-27-25-23-15-13-11-9-7-2/h7,9,15,19-20,23,29,31,36-37,41H,6,8,10-14,16-18,21-22,24-28,30,32-35H2,1-5H3,(H-,39,42,43,44)/p+1/b9-7+,20-19-,23-15+,31-29+. The van der Waals surface area contributed by atoms with E-state index in [-0.39, 0.29) is 19.1 Å². The van der Waals surface area contributed by atoms with Crippen molar-refractivity contribution in [1.29, 1.82) is 0 Å². The van der Waals surface area contributed by atoms with E-state index in [1.807, 2.05) is 40.2 Å². The van der Waals surface area contributed by atoms with Crippen molar-refractivity contribution in [3.63, 3.8) is 0 Å². The minimum Gasteiger partial charge on any atom is -0.387 e. The third kappa shape index (κ3) is 32.8. The third-order valence-corrected chi connectivity index (χ3v) is 8.83. The number of nitrogens with one attached hydrogen (secondary N) is 1. The van der Waals surface area contributed by atoms with Crippen LogP contribution in [0.25, 0.3) is 0 Å². The Morgan fingerprint density at radius 3 is 1.83 bits per heavy atom. The molecule has 0 aromatic heterocycles. The van der Waals surface area contributed by atoms with Gasteiger partial charge in [0, 0.05) is 6.42 Å². The van der Waals surface area contributed by atoms with Crippen LogP contribution in [0.2, 0.25) is 0 Å². The molecule has 0 aliphatic rings. The molecule has 0 aliphatic heterocycles. The van der Waals surface area contributed by atoms with Crippen LogP contribution in [-0.4, -0.2) is 73.4 Å². The van der Waals surface area contributed by atoms with E-state index in [2.05, 4.69) is 42.6 Å². The number of rotatable bonds is 32. The molecule has 0 bridgehead atoms. The van der Waals surface area contributed by atoms with Gasteiger partial charge < -0.3 is 19.8 Å². The van der Waals surface area contributed by atoms with E-state index in [1.165, 1.54) is 57.8 Å². The molecule has 8 nitrogen and oxygen atoms in total. The zero-order valence-corrected chi connectivity index (χ0v) is 31.6. The molecule has 0 aromatic carbocycles. The van der Waals surface area contributed by atoms with E-state index in [9.17, 15) is 19.4 Å². The number of nitrogens with zero attached hydrogens (tertiary/aromatic N) is 1. The second kappa shape index (κ2) is 30.5. The van der Waals surface area contributed by atoms with Crippen LogP contribution < -0.4 is 5.32 Å². The molecule has 0 fully saturated rings. The van der Waals surface area contributed by atoms with Gasteiger partial charge in [-0.1, -0.05) is 113 Å². The topological polar surface area (TPSA) is 105 Å². The number of aliphatic hydroxyl groups excluding tert-OH is 1. The fourth-order valence-electron chi connectivity index (χ4n) is 4.84. The number of carbonyl (C=O) groups is 1. The first kappa shape index (κ1) is 45.5. The molecule has 9 heteroatoms. The van der Waals surface area contributed by atoms with Gasteiger partial charge >= 0.3 is 7.82 Å². The van der Waals surface area contributed by atoms with Crippen molar-refractivity contribution < 1.29 is 32.9 Å². The smallest absolute Gasteiger partial charge is 0.387 e. The Morgan fingerprint density at radius 1 is 0.745 bits per heavy atom. The van der Waals surface area contributed by atoms with Crippen LogP contribution in [-0.2, 0) is 18.4 Å². The van der Waals surface area contributed by atoms with Crippen LogP contribution >= 0.6 is 7.82 Å². The predicted octanol–water partition coefficient (Wildman–Crippen LogP) is 9.35. The first-order chi connectivity index (χ1) is 22.5. The minimum absolute atomic E-state index is 0.0501. The molecular formula is C38H72N2O6P+. The molecule has 3 unspecified atom stereocenters. The predicted molar refractivity (Wildman–Crippen MR) is 198 cm³/mol. The highest BCUT2D eigenvalue weighted by molar-refractivity contribution is 7.47.